The van der Waals surface area contributed by atoms with Gasteiger partial charge in [0.25, 0.3) is 10.0 Å². The van der Waals surface area contributed by atoms with Crippen LogP contribution in [0.15, 0.2) is 77.7 Å². The van der Waals surface area contributed by atoms with E-state index in [0.29, 0.717) is 21.8 Å². The number of benzene rings is 3. The van der Waals surface area contributed by atoms with Gasteiger partial charge in [-0.2, -0.15) is 0 Å². The Labute approximate surface area is 236 Å². The molecule has 0 aliphatic heterocycles. The number of amides is 2. The normalized spacial score (nSPS) is 12.5. The Morgan fingerprint density at radius 1 is 0.949 bits per heavy atom. The monoisotopic (exact) mass is 569 g/mol. The van der Waals surface area contributed by atoms with Gasteiger partial charge >= 0.3 is 0 Å². The van der Waals surface area contributed by atoms with Gasteiger partial charge in [0.1, 0.15) is 12.6 Å². The highest BCUT2D eigenvalue weighted by Gasteiger charge is 2.34. The van der Waals surface area contributed by atoms with Gasteiger partial charge in [-0.3, -0.25) is 13.9 Å². The lowest BCUT2D eigenvalue weighted by Gasteiger charge is -2.34. The van der Waals surface area contributed by atoms with Crippen LogP contribution in [0.4, 0.5) is 5.69 Å². The summed E-state index contributed by atoms with van der Waals surface area (Å²) in [4.78, 5) is 28.6. The Kier molecular flexibility index (Phi) is 9.46. The maximum Gasteiger partial charge on any atom is 0.264 e. The third kappa shape index (κ3) is 7.61. The number of nitrogens with zero attached hydrogens (tertiary/aromatic N) is 2. The van der Waals surface area contributed by atoms with E-state index in [1.165, 1.54) is 17.0 Å². The molecule has 0 unspecified atom stereocenters. The van der Waals surface area contributed by atoms with E-state index >= 15 is 0 Å². The largest absolute Gasteiger partial charge is 0.350 e. The number of anilines is 1. The van der Waals surface area contributed by atoms with Crippen molar-refractivity contribution in [2.45, 2.75) is 64.6 Å². The summed E-state index contributed by atoms with van der Waals surface area (Å²) < 4.78 is 28.9. The Balaban J connectivity index is 2.07. The van der Waals surface area contributed by atoms with Gasteiger partial charge in [-0.05, 0) is 76.9 Å². The van der Waals surface area contributed by atoms with Crippen LogP contribution in [0.2, 0.25) is 5.02 Å². The van der Waals surface area contributed by atoms with Crippen LogP contribution in [0.25, 0.3) is 0 Å². The van der Waals surface area contributed by atoms with E-state index in [2.05, 4.69) is 5.32 Å². The molecule has 2 amide bonds. The van der Waals surface area contributed by atoms with Gasteiger partial charge < -0.3 is 10.2 Å². The highest BCUT2D eigenvalue weighted by molar-refractivity contribution is 7.92. The zero-order chi connectivity index (χ0) is 29.0. The molecule has 0 aromatic heterocycles. The average Bonchev–Trinajstić information content (AvgIpc) is 2.86. The zero-order valence-corrected chi connectivity index (χ0v) is 24.8. The number of rotatable bonds is 9. The lowest BCUT2D eigenvalue weighted by Crippen LogP contribution is -2.54. The second-order valence-corrected chi connectivity index (χ2v) is 12.9. The molecule has 7 nitrogen and oxygen atoms in total. The fraction of sp³-hybridized carbons (Fsp3) is 0.333. The van der Waals surface area contributed by atoms with Crippen LogP contribution in [0.1, 0.15) is 44.4 Å². The van der Waals surface area contributed by atoms with E-state index in [-0.39, 0.29) is 17.3 Å². The average molecular weight is 570 g/mol. The fourth-order valence-electron chi connectivity index (χ4n) is 4.19. The molecule has 0 spiro atoms. The molecule has 1 N–H and O–H groups in total. The predicted octanol–water partition coefficient (Wildman–Crippen LogP) is 5.48. The predicted molar refractivity (Wildman–Crippen MR) is 156 cm³/mol. The van der Waals surface area contributed by atoms with Crippen LogP contribution in [0.3, 0.4) is 0 Å². The number of hydrogen-bond donors (Lipinski definition) is 1. The van der Waals surface area contributed by atoms with E-state index in [1.807, 2.05) is 33.8 Å². The summed E-state index contributed by atoms with van der Waals surface area (Å²) in [5.74, 6) is -0.891. The summed E-state index contributed by atoms with van der Waals surface area (Å²) in [6, 6.07) is 19.5. The van der Waals surface area contributed by atoms with Gasteiger partial charge in [-0.25, -0.2) is 8.42 Å². The van der Waals surface area contributed by atoms with Crippen molar-refractivity contribution >= 4 is 39.1 Å². The summed E-state index contributed by atoms with van der Waals surface area (Å²) in [6.07, 6.45) is 0. The summed E-state index contributed by atoms with van der Waals surface area (Å²) in [7, 11) is -4.11. The number of hydrogen-bond acceptors (Lipinski definition) is 4. The molecule has 1 atom stereocenters. The Bertz CT molecular complexity index is 1440. The van der Waals surface area contributed by atoms with Gasteiger partial charge in [-0.15, -0.1) is 0 Å². The molecular weight excluding hydrogens is 534 g/mol. The third-order valence-electron chi connectivity index (χ3n) is 6.20. The van der Waals surface area contributed by atoms with Gasteiger partial charge in [0.15, 0.2) is 0 Å². The molecular formula is C30H36ClN3O4S. The maximum atomic E-state index is 14.0. The van der Waals surface area contributed by atoms with E-state index in [0.717, 1.165) is 9.87 Å². The molecule has 39 heavy (non-hydrogen) atoms. The number of aryl methyl sites for hydroxylation is 2. The SMILES string of the molecule is Cc1ccc(N(CC(=O)N(Cc2ccccc2Cl)[C@@H](C)C(=O)NC(C)(C)C)S(=O)(=O)c2ccccc2)c(C)c1. The number of carbonyl (C=O) groups is 2. The molecule has 0 saturated carbocycles. The Morgan fingerprint density at radius 2 is 1.56 bits per heavy atom. The lowest BCUT2D eigenvalue weighted by molar-refractivity contribution is -0.140. The summed E-state index contributed by atoms with van der Waals surface area (Å²) in [5, 5.41) is 3.36. The van der Waals surface area contributed by atoms with E-state index in [9.17, 15) is 18.0 Å². The van der Waals surface area contributed by atoms with Crippen molar-refractivity contribution in [1.82, 2.24) is 10.2 Å². The van der Waals surface area contributed by atoms with E-state index in [1.54, 1.807) is 68.4 Å². The minimum atomic E-state index is -4.11. The first-order valence-corrected chi connectivity index (χ1v) is 14.5. The van der Waals surface area contributed by atoms with Crippen LogP contribution in [0.5, 0.6) is 0 Å². The van der Waals surface area contributed by atoms with Gasteiger partial charge in [0, 0.05) is 17.1 Å². The second kappa shape index (κ2) is 12.2. The topological polar surface area (TPSA) is 86.8 Å². The van der Waals surface area contributed by atoms with Crippen molar-refractivity contribution in [2.75, 3.05) is 10.8 Å². The molecule has 0 saturated heterocycles. The number of sulfonamides is 1. The first-order chi connectivity index (χ1) is 18.2. The summed E-state index contributed by atoms with van der Waals surface area (Å²) in [6.45, 7) is 10.4. The smallest absolute Gasteiger partial charge is 0.264 e. The van der Waals surface area contributed by atoms with E-state index in [4.69, 9.17) is 11.6 Å². The van der Waals surface area contributed by atoms with Crippen molar-refractivity contribution < 1.29 is 18.0 Å². The molecule has 9 heteroatoms. The number of halogens is 1. The highest BCUT2D eigenvalue weighted by Crippen LogP contribution is 2.28. The molecule has 0 aliphatic rings. The fourth-order valence-corrected chi connectivity index (χ4v) is 5.88. The second-order valence-electron chi connectivity index (χ2n) is 10.6. The Hall–Kier alpha value is -3.36. The number of nitrogens with one attached hydrogen (secondary N) is 1. The van der Waals surface area contributed by atoms with Crippen molar-refractivity contribution in [3.63, 3.8) is 0 Å². The van der Waals surface area contributed by atoms with Gasteiger partial charge in [0.05, 0.1) is 10.6 Å². The first-order valence-electron chi connectivity index (χ1n) is 12.7. The molecule has 208 valence electrons. The molecule has 0 fully saturated rings. The molecule has 0 heterocycles. The van der Waals surface area contributed by atoms with Crippen LogP contribution in [0, 0.1) is 13.8 Å². The maximum absolute atomic E-state index is 14.0. The van der Waals surface area contributed by atoms with Crippen LogP contribution in [-0.4, -0.2) is 43.3 Å². The molecule has 3 aromatic rings. The quantitative estimate of drug-likeness (QED) is 0.369. The Morgan fingerprint density at radius 3 is 2.15 bits per heavy atom. The first kappa shape index (κ1) is 30.2. The summed E-state index contributed by atoms with van der Waals surface area (Å²) in [5.41, 5.74) is 2.19. The molecule has 3 aromatic carbocycles. The minimum absolute atomic E-state index is 0.0311. The zero-order valence-electron chi connectivity index (χ0n) is 23.2. The lowest BCUT2D eigenvalue weighted by atomic mass is 10.1. The number of carbonyl (C=O) groups excluding carboxylic acids is 2. The molecule has 0 bridgehead atoms. The van der Waals surface area contributed by atoms with Crippen LogP contribution >= 0.6 is 11.6 Å². The van der Waals surface area contributed by atoms with Crippen molar-refractivity contribution in [2.24, 2.45) is 0 Å². The van der Waals surface area contributed by atoms with Crippen molar-refractivity contribution in [1.29, 1.82) is 0 Å². The van der Waals surface area contributed by atoms with Gasteiger partial charge in [-0.1, -0.05) is 65.7 Å². The van der Waals surface area contributed by atoms with Crippen LogP contribution in [-0.2, 0) is 26.2 Å². The molecule has 3 rings (SSSR count). The summed E-state index contributed by atoms with van der Waals surface area (Å²) >= 11 is 6.41. The molecule has 0 radical (unpaired) electrons. The van der Waals surface area contributed by atoms with Crippen LogP contribution < -0.4 is 9.62 Å². The van der Waals surface area contributed by atoms with Crippen molar-refractivity contribution in [3.8, 4) is 0 Å². The van der Waals surface area contributed by atoms with Crippen molar-refractivity contribution in [3.05, 3.63) is 94.5 Å². The molecule has 0 aliphatic carbocycles. The highest BCUT2D eigenvalue weighted by atomic mass is 35.5. The third-order valence-corrected chi connectivity index (χ3v) is 8.34. The van der Waals surface area contributed by atoms with E-state index < -0.39 is 34.1 Å². The minimum Gasteiger partial charge on any atom is -0.350 e. The standard InChI is InChI=1S/C30H36ClN3O4S/c1-21-16-17-27(22(2)18-21)34(39(37,38)25-13-8-7-9-14-25)20-28(35)33(19-24-12-10-11-15-26(24)31)23(3)29(36)32-30(4,5)6/h7-18,23H,19-20H2,1-6H3,(H,32,36)/t23-/m0/s1. The van der Waals surface area contributed by atoms with Gasteiger partial charge in [0.2, 0.25) is 11.8 Å².